The van der Waals surface area contributed by atoms with Crippen molar-refractivity contribution in [2.24, 2.45) is 0 Å². The molecule has 1 aliphatic rings. The summed E-state index contributed by atoms with van der Waals surface area (Å²) in [5.74, 6) is 0. The lowest BCUT2D eigenvalue weighted by atomic mass is 10.2. The molecular weight excluding hydrogens is 344 g/mol. The number of thiophene rings is 1. The zero-order valence-corrected chi connectivity index (χ0v) is 15.6. The Bertz CT molecular complexity index is 643. The Kier molecular flexibility index (Phi) is 5.57. The van der Waals surface area contributed by atoms with Crippen molar-refractivity contribution < 1.29 is 0 Å². The molecule has 23 heavy (non-hydrogen) atoms. The third kappa shape index (κ3) is 4.06. The molecule has 0 atom stereocenters. The number of rotatable bonds is 4. The van der Waals surface area contributed by atoms with E-state index in [0.717, 1.165) is 27.9 Å². The molecule has 1 N–H and O–H groups in total. The maximum atomic E-state index is 6.34. The first-order valence-corrected chi connectivity index (χ1v) is 9.67. The molecule has 0 saturated heterocycles. The van der Waals surface area contributed by atoms with Gasteiger partial charge in [-0.25, -0.2) is 0 Å². The highest BCUT2D eigenvalue weighted by atomic mass is 35.5. The fraction of sp³-hybridized carbons (Fsp3) is 0.389. The molecule has 3 rings (SSSR count). The lowest BCUT2D eigenvalue weighted by Gasteiger charge is -2.31. The summed E-state index contributed by atoms with van der Waals surface area (Å²) in [4.78, 5) is 3.69. The van der Waals surface area contributed by atoms with E-state index in [-0.39, 0.29) is 0 Å². The van der Waals surface area contributed by atoms with Crippen molar-refractivity contribution in [3.8, 4) is 0 Å². The molecule has 5 heteroatoms. The van der Waals surface area contributed by atoms with Gasteiger partial charge in [-0.15, -0.1) is 11.3 Å². The zero-order valence-electron chi connectivity index (χ0n) is 13.2. The van der Waals surface area contributed by atoms with Crippen molar-refractivity contribution in [2.75, 3.05) is 5.32 Å². The van der Waals surface area contributed by atoms with Crippen LogP contribution in [0.25, 0.3) is 0 Å². The third-order valence-electron chi connectivity index (χ3n) is 4.39. The van der Waals surface area contributed by atoms with E-state index in [1.807, 2.05) is 12.1 Å². The number of benzene rings is 1. The highest BCUT2D eigenvalue weighted by molar-refractivity contribution is 7.80. The van der Waals surface area contributed by atoms with Gasteiger partial charge in [0.05, 0.1) is 17.3 Å². The van der Waals surface area contributed by atoms with Gasteiger partial charge in [0, 0.05) is 10.9 Å². The largest absolute Gasteiger partial charge is 0.341 e. The number of halogens is 1. The zero-order chi connectivity index (χ0) is 16.2. The fourth-order valence-corrected chi connectivity index (χ4v) is 4.41. The lowest BCUT2D eigenvalue weighted by molar-refractivity contribution is 0.314. The molecule has 122 valence electrons. The number of thiocarbonyl (C=S) groups is 1. The molecule has 0 radical (unpaired) electrons. The van der Waals surface area contributed by atoms with Gasteiger partial charge in [0.15, 0.2) is 5.11 Å². The summed E-state index contributed by atoms with van der Waals surface area (Å²) in [6, 6.07) is 10.7. The highest BCUT2D eigenvalue weighted by Gasteiger charge is 2.25. The Balaban J connectivity index is 1.79. The summed E-state index contributed by atoms with van der Waals surface area (Å²) in [6.07, 6.45) is 5.02. The average Bonchev–Trinajstić information content (AvgIpc) is 3.21. The highest BCUT2D eigenvalue weighted by Crippen LogP contribution is 2.29. The topological polar surface area (TPSA) is 15.3 Å². The molecule has 1 saturated carbocycles. The van der Waals surface area contributed by atoms with E-state index < -0.39 is 0 Å². The van der Waals surface area contributed by atoms with Crippen LogP contribution in [0.1, 0.15) is 36.1 Å². The van der Waals surface area contributed by atoms with Crippen LogP contribution in [-0.4, -0.2) is 16.1 Å². The number of nitrogens with one attached hydrogen (secondary N) is 1. The molecule has 2 nitrogen and oxygen atoms in total. The molecule has 2 aromatic rings. The average molecular weight is 365 g/mol. The number of anilines is 1. The molecule has 0 spiro atoms. The Morgan fingerprint density at radius 1 is 1.30 bits per heavy atom. The Labute approximate surface area is 152 Å². The number of hydrogen-bond acceptors (Lipinski definition) is 2. The SMILES string of the molecule is Cc1cccc(Cl)c1NC(=S)N(Cc1cccs1)C1CCCC1. The van der Waals surface area contributed by atoms with Crippen LogP contribution in [0.2, 0.25) is 5.02 Å². The van der Waals surface area contributed by atoms with Gasteiger partial charge in [0.2, 0.25) is 0 Å². The predicted molar refractivity (Wildman–Crippen MR) is 105 cm³/mol. The summed E-state index contributed by atoms with van der Waals surface area (Å²) in [7, 11) is 0. The fourth-order valence-electron chi connectivity index (χ4n) is 3.12. The first kappa shape index (κ1) is 16.7. The van der Waals surface area contributed by atoms with E-state index >= 15 is 0 Å². The minimum absolute atomic E-state index is 0.528. The number of hydrogen-bond donors (Lipinski definition) is 1. The smallest absolute Gasteiger partial charge is 0.174 e. The Morgan fingerprint density at radius 2 is 2.09 bits per heavy atom. The first-order chi connectivity index (χ1) is 11.1. The monoisotopic (exact) mass is 364 g/mol. The lowest BCUT2D eigenvalue weighted by Crippen LogP contribution is -2.40. The van der Waals surface area contributed by atoms with Gasteiger partial charge in [-0.3, -0.25) is 0 Å². The van der Waals surface area contributed by atoms with E-state index in [0.29, 0.717) is 6.04 Å². The van der Waals surface area contributed by atoms with Crippen LogP contribution < -0.4 is 5.32 Å². The van der Waals surface area contributed by atoms with Crippen LogP contribution in [0, 0.1) is 6.92 Å². The van der Waals surface area contributed by atoms with Crippen molar-refractivity contribution in [1.82, 2.24) is 4.90 Å². The predicted octanol–water partition coefficient (Wildman–Crippen LogP) is 5.85. The second-order valence-electron chi connectivity index (χ2n) is 6.01. The van der Waals surface area contributed by atoms with E-state index in [1.165, 1.54) is 30.6 Å². The Hall–Kier alpha value is -1.10. The summed E-state index contributed by atoms with van der Waals surface area (Å²) >= 11 is 13.9. The van der Waals surface area contributed by atoms with Crippen molar-refractivity contribution >= 4 is 46.0 Å². The summed E-state index contributed by atoms with van der Waals surface area (Å²) in [5.41, 5.74) is 2.04. The third-order valence-corrected chi connectivity index (χ3v) is 5.90. The molecule has 1 fully saturated rings. The van der Waals surface area contributed by atoms with Gasteiger partial charge in [-0.05, 0) is 55.1 Å². The van der Waals surface area contributed by atoms with E-state index in [1.54, 1.807) is 11.3 Å². The quantitative estimate of drug-likeness (QED) is 0.685. The second kappa shape index (κ2) is 7.65. The van der Waals surface area contributed by atoms with Crippen molar-refractivity contribution in [3.05, 3.63) is 51.2 Å². The number of nitrogens with zero attached hydrogens (tertiary/aromatic N) is 1. The van der Waals surface area contributed by atoms with Crippen LogP contribution >= 0.6 is 35.2 Å². The normalized spacial score (nSPS) is 14.9. The van der Waals surface area contributed by atoms with Gasteiger partial charge >= 0.3 is 0 Å². The van der Waals surface area contributed by atoms with Crippen LogP contribution in [0.15, 0.2) is 35.7 Å². The second-order valence-corrected chi connectivity index (χ2v) is 7.83. The van der Waals surface area contributed by atoms with Gasteiger partial charge in [-0.1, -0.05) is 42.6 Å². The Morgan fingerprint density at radius 3 is 2.74 bits per heavy atom. The molecule has 0 unspecified atom stereocenters. The van der Waals surface area contributed by atoms with Crippen molar-refractivity contribution in [3.63, 3.8) is 0 Å². The van der Waals surface area contributed by atoms with Gasteiger partial charge in [0.1, 0.15) is 0 Å². The van der Waals surface area contributed by atoms with Crippen LogP contribution in [0.4, 0.5) is 5.69 Å². The van der Waals surface area contributed by atoms with Crippen LogP contribution in [0.5, 0.6) is 0 Å². The molecule has 0 amide bonds. The molecular formula is C18H21ClN2S2. The maximum absolute atomic E-state index is 6.34. The minimum Gasteiger partial charge on any atom is -0.341 e. The van der Waals surface area contributed by atoms with Gasteiger partial charge in [-0.2, -0.15) is 0 Å². The van der Waals surface area contributed by atoms with Crippen LogP contribution in [-0.2, 0) is 6.54 Å². The number of aryl methyl sites for hydroxylation is 1. The van der Waals surface area contributed by atoms with Crippen molar-refractivity contribution in [1.29, 1.82) is 0 Å². The van der Waals surface area contributed by atoms with Gasteiger partial charge in [0.25, 0.3) is 0 Å². The molecule has 1 aliphatic carbocycles. The summed E-state index contributed by atoms with van der Waals surface area (Å²) < 4.78 is 0. The maximum Gasteiger partial charge on any atom is 0.174 e. The van der Waals surface area contributed by atoms with E-state index in [2.05, 4.69) is 40.7 Å². The van der Waals surface area contributed by atoms with E-state index in [4.69, 9.17) is 23.8 Å². The molecule has 0 bridgehead atoms. The first-order valence-electron chi connectivity index (χ1n) is 8.00. The summed E-state index contributed by atoms with van der Waals surface area (Å²) in [6.45, 7) is 2.92. The van der Waals surface area contributed by atoms with Crippen LogP contribution in [0.3, 0.4) is 0 Å². The van der Waals surface area contributed by atoms with Crippen molar-refractivity contribution in [2.45, 2.75) is 45.2 Å². The summed E-state index contributed by atoms with van der Waals surface area (Å²) in [5, 5.41) is 7.02. The molecule has 1 heterocycles. The van der Waals surface area contributed by atoms with Gasteiger partial charge < -0.3 is 10.2 Å². The number of para-hydroxylation sites is 1. The minimum atomic E-state index is 0.528. The van der Waals surface area contributed by atoms with E-state index in [9.17, 15) is 0 Å². The molecule has 1 aromatic carbocycles. The standard InChI is InChI=1S/C18H21ClN2S2/c1-13-6-4-10-16(19)17(13)20-18(22)21(14-7-2-3-8-14)12-15-9-5-11-23-15/h4-6,9-11,14H,2-3,7-8,12H2,1H3,(H,20,22). The molecule has 1 aromatic heterocycles. The molecule has 0 aliphatic heterocycles.